The van der Waals surface area contributed by atoms with Crippen molar-refractivity contribution < 1.29 is 4.79 Å². The van der Waals surface area contributed by atoms with Crippen LogP contribution in [0.5, 0.6) is 0 Å². The van der Waals surface area contributed by atoms with E-state index in [0.717, 1.165) is 5.56 Å². The first-order chi connectivity index (χ1) is 17.4. The Morgan fingerprint density at radius 2 is 1.75 bits per heavy atom. The van der Waals surface area contributed by atoms with Crippen LogP contribution in [0.1, 0.15) is 27.5 Å². The first kappa shape index (κ1) is 25.3. The molecule has 0 aliphatic carbocycles. The van der Waals surface area contributed by atoms with Crippen molar-refractivity contribution in [2.24, 2.45) is 4.99 Å². The van der Waals surface area contributed by atoms with Gasteiger partial charge in [0.05, 0.1) is 30.5 Å². The van der Waals surface area contributed by atoms with Crippen LogP contribution in [-0.4, -0.2) is 21.4 Å². The quantitative estimate of drug-likeness (QED) is 0.221. The minimum absolute atomic E-state index is 0.197. The number of nitriles is 1. The summed E-state index contributed by atoms with van der Waals surface area (Å²) in [5.74, 6) is -0.203. The van der Waals surface area contributed by atoms with Crippen LogP contribution in [-0.2, 0) is 6.54 Å². The first-order valence-corrected chi connectivity index (χ1v) is 11.9. The van der Waals surface area contributed by atoms with Crippen LogP contribution in [0.4, 0.5) is 5.69 Å². The first-order valence-electron chi connectivity index (χ1n) is 10.7. The van der Waals surface area contributed by atoms with Crippen LogP contribution in [0, 0.1) is 11.3 Å². The van der Waals surface area contributed by atoms with Gasteiger partial charge in [0, 0.05) is 38.7 Å². The third kappa shape index (κ3) is 6.64. The second kappa shape index (κ2) is 11.7. The van der Waals surface area contributed by atoms with Gasteiger partial charge >= 0.3 is 0 Å². The number of halogens is 3. The van der Waals surface area contributed by atoms with Crippen LogP contribution in [0.3, 0.4) is 0 Å². The molecule has 10 heteroatoms. The summed E-state index contributed by atoms with van der Waals surface area (Å²) in [6.45, 7) is 0.403. The van der Waals surface area contributed by atoms with E-state index in [2.05, 4.69) is 15.6 Å². The third-order valence-corrected chi connectivity index (χ3v) is 5.98. The molecule has 0 bridgehead atoms. The number of imidazole rings is 1. The van der Waals surface area contributed by atoms with Gasteiger partial charge in [0.1, 0.15) is 0 Å². The van der Waals surface area contributed by atoms with Gasteiger partial charge in [0.2, 0.25) is 5.96 Å². The van der Waals surface area contributed by atoms with Crippen molar-refractivity contribution in [1.82, 2.24) is 14.9 Å². The van der Waals surface area contributed by atoms with Crippen molar-refractivity contribution in [3.8, 4) is 6.07 Å². The Kier molecular flexibility index (Phi) is 8.24. The Bertz CT molecular complexity index is 1410. The molecule has 1 atom stereocenters. The molecule has 0 radical (unpaired) electrons. The third-order valence-electron chi connectivity index (χ3n) is 5.16. The summed E-state index contributed by atoms with van der Waals surface area (Å²) in [6.07, 6.45) is 5.16. The number of carbonyl (C=O) groups excluding carboxylic acids is 1. The number of aliphatic imine (C=N–C) groups is 1. The van der Waals surface area contributed by atoms with Crippen molar-refractivity contribution in [2.45, 2.75) is 12.6 Å². The lowest BCUT2D eigenvalue weighted by Gasteiger charge is -2.19. The molecule has 0 aliphatic rings. The topological polar surface area (TPSA) is 95.1 Å². The van der Waals surface area contributed by atoms with Gasteiger partial charge in [-0.2, -0.15) is 5.26 Å². The van der Waals surface area contributed by atoms with E-state index in [0.29, 0.717) is 38.4 Å². The van der Waals surface area contributed by atoms with Gasteiger partial charge in [0.25, 0.3) is 5.91 Å². The van der Waals surface area contributed by atoms with E-state index in [1.807, 2.05) is 16.8 Å². The Morgan fingerprint density at radius 3 is 2.39 bits per heavy atom. The van der Waals surface area contributed by atoms with E-state index < -0.39 is 11.9 Å². The largest absolute Gasteiger partial charge is 0.335 e. The number of anilines is 1. The lowest BCUT2D eigenvalue weighted by Crippen LogP contribution is -2.36. The molecule has 4 rings (SSSR count). The minimum atomic E-state index is -0.500. The zero-order valence-electron chi connectivity index (χ0n) is 18.7. The molecule has 0 unspecified atom stereocenters. The van der Waals surface area contributed by atoms with Crippen LogP contribution in [0.25, 0.3) is 0 Å². The summed E-state index contributed by atoms with van der Waals surface area (Å²) in [4.78, 5) is 22.0. The summed E-state index contributed by atoms with van der Waals surface area (Å²) < 4.78 is 1.86. The summed E-state index contributed by atoms with van der Waals surface area (Å²) in [5, 5.41) is 16.5. The number of guanidine groups is 1. The zero-order valence-corrected chi connectivity index (χ0v) is 21.0. The molecule has 2 N–H and O–H groups in total. The van der Waals surface area contributed by atoms with Gasteiger partial charge in [-0.05, 0) is 66.2 Å². The molecule has 1 amide bonds. The Balaban J connectivity index is 1.71. The fourth-order valence-corrected chi connectivity index (χ4v) is 4.03. The maximum Gasteiger partial charge on any atom is 0.257 e. The number of benzene rings is 3. The molecule has 180 valence electrons. The Labute approximate surface area is 223 Å². The number of hydrogen-bond acceptors (Lipinski definition) is 4. The zero-order chi connectivity index (χ0) is 25.5. The summed E-state index contributed by atoms with van der Waals surface area (Å²) >= 11 is 18.7. The van der Waals surface area contributed by atoms with E-state index in [1.54, 1.807) is 79.3 Å². The highest BCUT2D eigenvalue weighted by Gasteiger charge is 2.18. The Hall–Kier alpha value is -3.83. The van der Waals surface area contributed by atoms with Gasteiger partial charge in [-0.15, -0.1) is 0 Å². The molecule has 36 heavy (non-hydrogen) atoms. The highest BCUT2D eigenvalue weighted by molar-refractivity contribution is 6.35. The highest BCUT2D eigenvalue weighted by Crippen LogP contribution is 2.30. The van der Waals surface area contributed by atoms with Crippen molar-refractivity contribution >= 4 is 52.4 Å². The summed E-state index contributed by atoms with van der Waals surface area (Å²) in [7, 11) is 0. The normalized spacial score (nSPS) is 12.0. The molecular weight excluding hydrogens is 519 g/mol. The molecule has 1 aromatic heterocycles. The second-order valence-corrected chi connectivity index (χ2v) is 8.97. The monoisotopic (exact) mass is 536 g/mol. The lowest BCUT2D eigenvalue weighted by atomic mass is 10.1. The van der Waals surface area contributed by atoms with Crippen molar-refractivity contribution in [2.75, 3.05) is 5.32 Å². The SMILES string of the molecule is N#Cc1ccc(C(=O)NC(=N[C@@H](Cn2ccnc2)c2ccc(Cl)cc2Cl)Nc2ccc(Cl)cc2)cc1. The standard InChI is InChI=1S/C26H19Cl3N6O/c27-19-5-8-21(9-6-19)32-26(34-25(36)18-3-1-17(14-30)2-4-18)33-24(15-35-12-11-31-16-35)22-10-7-20(28)13-23(22)29/h1-13,16,24H,15H2,(H2,32,33,34,36)/t24-/m0/s1. The van der Waals surface area contributed by atoms with Gasteiger partial charge < -0.3 is 9.88 Å². The molecule has 3 aromatic carbocycles. The van der Waals surface area contributed by atoms with Gasteiger partial charge in [0.15, 0.2) is 0 Å². The van der Waals surface area contributed by atoms with Crippen LogP contribution < -0.4 is 10.6 Å². The molecule has 0 saturated heterocycles. The fourth-order valence-electron chi connectivity index (χ4n) is 3.37. The molecule has 4 aromatic rings. The number of amides is 1. The number of carbonyl (C=O) groups is 1. The molecule has 1 heterocycles. The smallest absolute Gasteiger partial charge is 0.257 e. The Morgan fingerprint density at radius 1 is 1.03 bits per heavy atom. The predicted molar refractivity (Wildman–Crippen MR) is 143 cm³/mol. The average Bonchev–Trinajstić information content (AvgIpc) is 3.38. The molecular formula is C26H19Cl3N6O. The van der Waals surface area contributed by atoms with E-state index in [9.17, 15) is 4.79 Å². The van der Waals surface area contributed by atoms with Gasteiger partial charge in [-0.3, -0.25) is 10.1 Å². The number of nitrogens with one attached hydrogen (secondary N) is 2. The minimum Gasteiger partial charge on any atom is -0.335 e. The van der Waals surface area contributed by atoms with E-state index in [4.69, 9.17) is 45.1 Å². The lowest BCUT2D eigenvalue weighted by molar-refractivity contribution is 0.0977. The molecule has 0 aliphatic heterocycles. The fraction of sp³-hybridized carbons (Fsp3) is 0.0769. The molecule has 7 nitrogen and oxygen atoms in total. The molecule has 0 spiro atoms. The van der Waals surface area contributed by atoms with Crippen LogP contribution >= 0.6 is 34.8 Å². The predicted octanol–water partition coefficient (Wildman–Crippen LogP) is 6.35. The average molecular weight is 538 g/mol. The van der Waals surface area contributed by atoms with Crippen molar-refractivity contribution in [1.29, 1.82) is 5.26 Å². The van der Waals surface area contributed by atoms with Crippen LogP contribution in [0.2, 0.25) is 15.1 Å². The van der Waals surface area contributed by atoms with Crippen molar-refractivity contribution in [3.05, 3.63) is 117 Å². The maximum absolute atomic E-state index is 13.1. The van der Waals surface area contributed by atoms with Crippen molar-refractivity contribution in [3.63, 3.8) is 0 Å². The summed E-state index contributed by atoms with van der Waals surface area (Å²) in [5.41, 5.74) is 2.22. The number of hydrogen-bond donors (Lipinski definition) is 2. The number of aromatic nitrogens is 2. The van der Waals surface area contributed by atoms with E-state index >= 15 is 0 Å². The summed E-state index contributed by atoms with van der Waals surface area (Å²) in [6, 6.07) is 20.0. The van der Waals surface area contributed by atoms with Gasteiger partial charge in [-0.25, -0.2) is 9.98 Å². The second-order valence-electron chi connectivity index (χ2n) is 7.69. The van der Waals surface area contributed by atoms with E-state index in [1.165, 1.54) is 0 Å². The maximum atomic E-state index is 13.1. The van der Waals surface area contributed by atoms with Gasteiger partial charge in [-0.1, -0.05) is 40.9 Å². The van der Waals surface area contributed by atoms with Crippen LogP contribution in [0.15, 0.2) is 90.4 Å². The molecule has 0 saturated carbocycles. The molecule has 0 fully saturated rings. The number of rotatable bonds is 6. The van der Waals surface area contributed by atoms with E-state index in [-0.39, 0.29) is 5.96 Å². The highest BCUT2D eigenvalue weighted by atomic mass is 35.5. The number of nitrogens with zero attached hydrogens (tertiary/aromatic N) is 4.